The van der Waals surface area contributed by atoms with E-state index in [1.54, 1.807) is 7.11 Å². The van der Waals surface area contributed by atoms with E-state index in [0.29, 0.717) is 6.10 Å². The lowest BCUT2D eigenvalue weighted by molar-refractivity contribution is 0.0997. The van der Waals surface area contributed by atoms with Crippen LogP contribution in [0.2, 0.25) is 0 Å². The molecule has 0 amide bonds. The molecule has 0 aromatic heterocycles. The van der Waals surface area contributed by atoms with Gasteiger partial charge in [0.05, 0.1) is 6.10 Å². The first-order chi connectivity index (χ1) is 3.66. The highest BCUT2D eigenvalue weighted by molar-refractivity contribution is 4.51. The van der Waals surface area contributed by atoms with Crippen LogP contribution in [0.4, 0.5) is 0 Å². The van der Waals surface area contributed by atoms with E-state index < -0.39 is 0 Å². The van der Waals surface area contributed by atoms with Gasteiger partial charge in [0.25, 0.3) is 0 Å². The standard InChI is InChI=1S/C7H16O/c1-6(2)5-7(3)8-4/h6-7H,5H2,1-4H3. The highest BCUT2D eigenvalue weighted by atomic mass is 16.5. The monoisotopic (exact) mass is 116 g/mol. The van der Waals surface area contributed by atoms with Crippen LogP contribution in [-0.2, 0) is 4.74 Å². The van der Waals surface area contributed by atoms with E-state index in [1.807, 2.05) is 0 Å². The molecule has 0 fully saturated rings. The molecule has 0 spiro atoms. The van der Waals surface area contributed by atoms with Crippen LogP contribution in [0.5, 0.6) is 0 Å². The molecule has 0 saturated carbocycles. The normalized spacial score (nSPS) is 14.6. The predicted molar refractivity (Wildman–Crippen MR) is 35.9 cm³/mol. The number of ether oxygens (including phenoxy) is 1. The van der Waals surface area contributed by atoms with Crippen molar-refractivity contribution in [2.45, 2.75) is 33.3 Å². The van der Waals surface area contributed by atoms with Crippen LogP contribution in [0.15, 0.2) is 0 Å². The first-order valence-corrected chi connectivity index (χ1v) is 3.19. The second-order valence-corrected chi connectivity index (χ2v) is 2.68. The van der Waals surface area contributed by atoms with Crippen LogP contribution in [0.3, 0.4) is 0 Å². The minimum Gasteiger partial charge on any atom is -0.382 e. The summed E-state index contributed by atoms with van der Waals surface area (Å²) in [6.45, 7) is 6.50. The van der Waals surface area contributed by atoms with Crippen molar-refractivity contribution in [1.29, 1.82) is 0 Å². The first-order valence-electron chi connectivity index (χ1n) is 3.19. The van der Waals surface area contributed by atoms with Crippen molar-refractivity contribution in [2.75, 3.05) is 7.11 Å². The highest BCUT2D eigenvalue weighted by Gasteiger charge is 2.00. The van der Waals surface area contributed by atoms with Crippen molar-refractivity contribution in [1.82, 2.24) is 0 Å². The summed E-state index contributed by atoms with van der Waals surface area (Å²) >= 11 is 0. The van der Waals surface area contributed by atoms with Crippen molar-refractivity contribution in [3.8, 4) is 0 Å². The molecule has 0 aromatic carbocycles. The Labute approximate surface area is 52.0 Å². The van der Waals surface area contributed by atoms with Gasteiger partial charge >= 0.3 is 0 Å². The molecule has 1 nitrogen and oxygen atoms in total. The molecule has 0 bridgehead atoms. The van der Waals surface area contributed by atoms with E-state index in [0.717, 1.165) is 12.3 Å². The average molecular weight is 116 g/mol. The molecule has 50 valence electrons. The van der Waals surface area contributed by atoms with Crippen LogP contribution in [0.25, 0.3) is 0 Å². The third-order valence-electron chi connectivity index (χ3n) is 1.21. The fourth-order valence-corrected chi connectivity index (χ4v) is 0.760. The van der Waals surface area contributed by atoms with Gasteiger partial charge in [-0.15, -0.1) is 0 Å². The Bertz CT molecular complexity index is 50.3. The predicted octanol–water partition coefficient (Wildman–Crippen LogP) is 2.07. The highest BCUT2D eigenvalue weighted by Crippen LogP contribution is 2.05. The lowest BCUT2D eigenvalue weighted by Crippen LogP contribution is -2.07. The SMILES string of the molecule is COC(C)CC(C)C. The molecular weight excluding hydrogens is 100 g/mol. The van der Waals surface area contributed by atoms with Gasteiger partial charge in [-0.25, -0.2) is 0 Å². The molecule has 1 unspecified atom stereocenters. The maximum atomic E-state index is 5.06. The van der Waals surface area contributed by atoms with E-state index >= 15 is 0 Å². The van der Waals surface area contributed by atoms with Crippen molar-refractivity contribution >= 4 is 0 Å². The average Bonchev–Trinajstić information content (AvgIpc) is 1.65. The molecule has 0 rings (SSSR count). The quantitative estimate of drug-likeness (QED) is 0.548. The van der Waals surface area contributed by atoms with Gasteiger partial charge in [0, 0.05) is 7.11 Å². The van der Waals surface area contributed by atoms with Crippen LogP contribution in [-0.4, -0.2) is 13.2 Å². The first kappa shape index (κ1) is 7.96. The molecule has 1 heteroatoms. The lowest BCUT2D eigenvalue weighted by Gasteiger charge is -2.10. The van der Waals surface area contributed by atoms with Gasteiger partial charge < -0.3 is 4.74 Å². The molecule has 0 aliphatic carbocycles. The summed E-state index contributed by atoms with van der Waals surface area (Å²) in [6.07, 6.45) is 1.59. The van der Waals surface area contributed by atoms with Crippen LogP contribution >= 0.6 is 0 Å². The molecule has 0 heterocycles. The molecule has 0 aliphatic heterocycles. The summed E-state index contributed by atoms with van der Waals surface area (Å²) in [5.74, 6) is 0.755. The summed E-state index contributed by atoms with van der Waals surface area (Å²) in [4.78, 5) is 0. The van der Waals surface area contributed by atoms with Gasteiger partial charge in [-0.1, -0.05) is 13.8 Å². The molecule has 0 aliphatic rings. The molecule has 0 saturated heterocycles. The largest absolute Gasteiger partial charge is 0.382 e. The number of rotatable bonds is 3. The molecule has 8 heavy (non-hydrogen) atoms. The van der Waals surface area contributed by atoms with E-state index in [2.05, 4.69) is 20.8 Å². The lowest BCUT2D eigenvalue weighted by atomic mass is 10.1. The Morgan fingerprint density at radius 2 is 1.75 bits per heavy atom. The Morgan fingerprint density at radius 3 is 1.88 bits per heavy atom. The van der Waals surface area contributed by atoms with Crippen molar-refractivity contribution in [3.63, 3.8) is 0 Å². The summed E-state index contributed by atoms with van der Waals surface area (Å²) < 4.78 is 5.06. The van der Waals surface area contributed by atoms with Gasteiger partial charge in [-0.05, 0) is 19.3 Å². The van der Waals surface area contributed by atoms with Crippen LogP contribution in [0, 0.1) is 5.92 Å². The fraction of sp³-hybridized carbons (Fsp3) is 1.00. The van der Waals surface area contributed by atoms with Crippen LogP contribution in [0.1, 0.15) is 27.2 Å². The Balaban J connectivity index is 3.10. The number of methoxy groups -OCH3 is 1. The van der Waals surface area contributed by atoms with E-state index in [-0.39, 0.29) is 0 Å². The molecular formula is C7H16O. The number of hydrogen-bond acceptors (Lipinski definition) is 1. The molecule has 0 N–H and O–H groups in total. The van der Waals surface area contributed by atoms with Crippen molar-refractivity contribution in [2.24, 2.45) is 5.92 Å². The second kappa shape index (κ2) is 3.90. The zero-order valence-corrected chi connectivity index (χ0v) is 6.27. The third kappa shape index (κ3) is 4.13. The zero-order chi connectivity index (χ0) is 6.57. The van der Waals surface area contributed by atoms with Gasteiger partial charge in [0.2, 0.25) is 0 Å². The maximum absolute atomic E-state index is 5.06. The molecule has 0 aromatic rings. The fourth-order valence-electron chi connectivity index (χ4n) is 0.760. The van der Waals surface area contributed by atoms with E-state index in [9.17, 15) is 0 Å². The third-order valence-corrected chi connectivity index (χ3v) is 1.21. The summed E-state index contributed by atoms with van der Waals surface area (Å²) in [6, 6.07) is 0. The van der Waals surface area contributed by atoms with Crippen molar-refractivity contribution < 1.29 is 4.74 Å². The van der Waals surface area contributed by atoms with Gasteiger partial charge in [0.15, 0.2) is 0 Å². The summed E-state index contributed by atoms with van der Waals surface area (Å²) in [5.41, 5.74) is 0. The van der Waals surface area contributed by atoms with Crippen LogP contribution < -0.4 is 0 Å². The number of hydrogen-bond donors (Lipinski definition) is 0. The van der Waals surface area contributed by atoms with E-state index in [1.165, 1.54) is 0 Å². The second-order valence-electron chi connectivity index (χ2n) is 2.68. The van der Waals surface area contributed by atoms with Gasteiger partial charge in [0.1, 0.15) is 0 Å². The Morgan fingerprint density at radius 1 is 1.25 bits per heavy atom. The minimum absolute atomic E-state index is 0.426. The van der Waals surface area contributed by atoms with Gasteiger partial charge in [-0.3, -0.25) is 0 Å². The maximum Gasteiger partial charge on any atom is 0.0545 e. The molecule has 0 radical (unpaired) electrons. The smallest absolute Gasteiger partial charge is 0.0545 e. The Hall–Kier alpha value is -0.0400. The molecule has 1 atom stereocenters. The van der Waals surface area contributed by atoms with Gasteiger partial charge in [-0.2, -0.15) is 0 Å². The Kier molecular flexibility index (Phi) is 3.88. The summed E-state index contributed by atoms with van der Waals surface area (Å²) in [5, 5.41) is 0. The topological polar surface area (TPSA) is 9.23 Å². The van der Waals surface area contributed by atoms with Crippen molar-refractivity contribution in [3.05, 3.63) is 0 Å². The minimum atomic E-state index is 0.426. The summed E-state index contributed by atoms with van der Waals surface area (Å²) in [7, 11) is 1.76. The van der Waals surface area contributed by atoms with E-state index in [4.69, 9.17) is 4.74 Å². The zero-order valence-electron chi connectivity index (χ0n) is 6.27.